The normalized spacial score (nSPS) is 11.2. The molecule has 0 fully saturated rings. The Balaban J connectivity index is 2.95. The molecule has 1 aromatic heterocycles. The first-order valence-electron chi connectivity index (χ1n) is 3.87. The molecule has 1 aromatic rings. The molecule has 0 aliphatic carbocycles. The van der Waals surface area contributed by atoms with E-state index in [1.54, 1.807) is 0 Å². The Bertz CT molecular complexity index is 436. The van der Waals surface area contributed by atoms with E-state index in [1.807, 2.05) is 0 Å². The number of hydrogen-bond acceptors (Lipinski definition) is 3. The molecule has 76 valence electrons. The van der Waals surface area contributed by atoms with Crippen LogP contribution in [0.2, 0.25) is 0 Å². The average molecular weight is 215 g/mol. The Morgan fingerprint density at radius 3 is 2.29 bits per heavy atom. The van der Waals surface area contributed by atoms with Crippen molar-refractivity contribution in [2.45, 2.75) is 11.4 Å². The molecule has 1 heterocycles. The fourth-order valence-corrected chi connectivity index (χ4v) is 1.59. The van der Waals surface area contributed by atoms with E-state index in [4.69, 9.17) is 5.73 Å². The van der Waals surface area contributed by atoms with Crippen LogP contribution in [0, 0.1) is 0 Å². The summed E-state index contributed by atoms with van der Waals surface area (Å²) in [7, 11) is -3.18. The van der Waals surface area contributed by atoms with Gasteiger partial charge in [0.05, 0.1) is 4.90 Å². The molecule has 0 saturated heterocycles. The van der Waals surface area contributed by atoms with Gasteiger partial charge in [0.1, 0.15) is 0 Å². The second-order valence-corrected chi connectivity index (χ2v) is 4.96. The molecule has 0 aromatic carbocycles. The van der Waals surface area contributed by atoms with Gasteiger partial charge in [-0.1, -0.05) is 0 Å². The zero-order chi connectivity index (χ0) is 10.8. The number of pyridine rings is 1. The Kier molecular flexibility index (Phi) is 2.85. The minimum Gasteiger partial charge on any atom is -0.364 e. The van der Waals surface area contributed by atoms with Crippen LogP contribution < -0.4 is 10.3 Å². The van der Waals surface area contributed by atoms with Gasteiger partial charge in [-0.2, -0.15) is 4.57 Å². The molecule has 14 heavy (non-hydrogen) atoms. The number of rotatable bonds is 3. The van der Waals surface area contributed by atoms with Crippen molar-refractivity contribution in [3.63, 3.8) is 0 Å². The van der Waals surface area contributed by atoms with Crippen molar-refractivity contribution in [3.05, 3.63) is 24.5 Å². The van der Waals surface area contributed by atoms with Gasteiger partial charge < -0.3 is 5.73 Å². The predicted molar refractivity (Wildman–Crippen MR) is 48.9 cm³/mol. The number of amides is 1. The smallest absolute Gasteiger partial charge is 0.283 e. The number of sulfone groups is 1. The quantitative estimate of drug-likeness (QED) is 0.647. The van der Waals surface area contributed by atoms with E-state index >= 15 is 0 Å². The Hall–Kier alpha value is -1.43. The van der Waals surface area contributed by atoms with E-state index < -0.39 is 15.7 Å². The lowest BCUT2D eigenvalue weighted by Gasteiger charge is -1.96. The van der Waals surface area contributed by atoms with Gasteiger partial charge >= 0.3 is 0 Å². The first-order valence-corrected chi connectivity index (χ1v) is 5.76. The topological polar surface area (TPSA) is 81.1 Å². The predicted octanol–water partition coefficient (Wildman–Crippen LogP) is -1.14. The monoisotopic (exact) mass is 215 g/mol. The molecule has 0 aliphatic rings. The van der Waals surface area contributed by atoms with Crippen LogP contribution in [0.25, 0.3) is 0 Å². The van der Waals surface area contributed by atoms with Crippen molar-refractivity contribution in [2.24, 2.45) is 5.73 Å². The summed E-state index contributed by atoms with van der Waals surface area (Å²) in [5.74, 6) is -0.470. The molecule has 1 amide bonds. The number of aromatic nitrogens is 1. The second kappa shape index (κ2) is 3.75. The van der Waals surface area contributed by atoms with Crippen molar-refractivity contribution < 1.29 is 17.8 Å². The molecule has 0 aliphatic heterocycles. The third kappa shape index (κ3) is 2.81. The summed E-state index contributed by atoms with van der Waals surface area (Å²) < 4.78 is 23.6. The Morgan fingerprint density at radius 2 is 1.93 bits per heavy atom. The summed E-state index contributed by atoms with van der Waals surface area (Å²) in [6, 6.07) is 2.86. The van der Waals surface area contributed by atoms with Crippen molar-refractivity contribution in [1.82, 2.24) is 0 Å². The van der Waals surface area contributed by atoms with Gasteiger partial charge in [0.2, 0.25) is 6.54 Å². The molecule has 0 radical (unpaired) electrons. The van der Waals surface area contributed by atoms with Crippen LogP contribution in [0.4, 0.5) is 0 Å². The highest BCUT2D eigenvalue weighted by molar-refractivity contribution is 7.90. The number of hydrogen-bond donors (Lipinski definition) is 1. The van der Waals surface area contributed by atoms with Gasteiger partial charge in [-0.05, 0) is 0 Å². The molecule has 0 bridgehead atoms. The van der Waals surface area contributed by atoms with Gasteiger partial charge in [0.15, 0.2) is 22.2 Å². The van der Waals surface area contributed by atoms with E-state index in [1.165, 1.54) is 29.1 Å². The zero-order valence-electron chi connectivity index (χ0n) is 7.67. The number of nitrogens with two attached hydrogens (primary N) is 1. The van der Waals surface area contributed by atoms with Gasteiger partial charge in [0, 0.05) is 18.4 Å². The highest BCUT2D eigenvalue weighted by atomic mass is 32.2. The fourth-order valence-electron chi connectivity index (χ4n) is 0.976. The van der Waals surface area contributed by atoms with Crippen LogP contribution in [0.15, 0.2) is 29.4 Å². The number of carbonyl (C=O) groups excluding carboxylic acids is 1. The third-order valence-electron chi connectivity index (χ3n) is 1.63. The lowest BCUT2D eigenvalue weighted by molar-refractivity contribution is -0.684. The minimum atomic E-state index is -3.18. The maximum absolute atomic E-state index is 11.1. The van der Waals surface area contributed by atoms with Crippen LogP contribution in [0.3, 0.4) is 0 Å². The van der Waals surface area contributed by atoms with Crippen LogP contribution >= 0.6 is 0 Å². The van der Waals surface area contributed by atoms with Crippen LogP contribution in [0.1, 0.15) is 0 Å². The molecule has 2 N–H and O–H groups in total. The summed E-state index contributed by atoms with van der Waals surface area (Å²) in [5, 5.41) is 0. The van der Waals surface area contributed by atoms with E-state index in [0.717, 1.165) is 6.26 Å². The summed E-state index contributed by atoms with van der Waals surface area (Å²) in [6.45, 7) is 0.0457. The average Bonchev–Trinajstić information content (AvgIpc) is 2.02. The SMILES string of the molecule is CS(=O)(=O)c1cc[n+](CC(N)=O)cc1. The van der Waals surface area contributed by atoms with E-state index in [0.29, 0.717) is 0 Å². The molecule has 1 rings (SSSR count). The molecular weight excluding hydrogens is 204 g/mol. The first-order chi connectivity index (χ1) is 6.39. The van der Waals surface area contributed by atoms with Crippen molar-refractivity contribution in [1.29, 1.82) is 0 Å². The van der Waals surface area contributed by atoms with Gasteiger partial charge in [0.25, 0.3) is 5.91 Å². The molecule has 6 heteroatoms. The Labute approximate surface area is 82.1 Å². The fraction of sp³-hybridized carbons (Fsp3) is 0.250. The highest BCUT2D eigenvalue weighted by Gasteiger charge is 2.10. The van der Waals surface area contributed by atoms with Crippen LogP contribution in [0.5, 0.6) is 0 Å². The van der Waals surface area contributed by atoms with Crippen LogP contribution in [-0.2, 0) is 21.2 Å². The molecule has 0 saturated carbocycles. The Morgan fingerprint density at radius 1 is 1.43 bits per heavy atom. The van der Waals surface area contributed by atoms with E-state index in [-0.39, 0.29) is 11.4 Å². The zero-order valence-corrected chi connectivity index (χ0v) is 8.49. The lowest BCUT2D eigenvalue weighted by atomic mass is 10.4. The maximum atomic E-state index is 11.1. The van der Waals surface area contributed by atoms with Gasteiger partial charge in [-0.3, -0.25) is 4.79 Å². The molecule has 0 spiro atoms. The first kappa shape index (κ1) is 10.6. The van der Waals surface area contributed by atoms with E-state index in [9.17, 15) is 13.2 Å². The maximum Gasteiger partial charge on any atom is 0.283 e. The van der Waals surface area contributed by atoms with Gasteiger partial charge in [-0.15, -0.1) is 0 Å². The summed E-state index contributed by atoms with van der Waals surface area (Å²) >= 11 is 0. The molecule has 5 nitrogen and oxygen atoms in total. The van der Waals surface area contributed by atoms with E-state index in [2.05, 4.69) is 0 Å². The molecule has 0 atom stereocenters. The minimum absolute atomic E-state index is 0.0457. The molecule has 0 unspecified atom stereocenters. The largest absolute Gasteiger partial charge is 0.364 e. The number of nitrogens with zero attached hydrogens (tertiary/aromatic N) is 1. The summed E-state index contributed by atoms with van der Waals surface area (Å²) in [6.07, 6.45) is 4.13. The van der Waals surface area contributed by atoms with Crippen molar-refractivity contribution in [2.75, 3.05) is 6.26 Å². The van der Waals surface area contributed by atoms with Crippen molar-refractivity contribution >= 4 is 15.7 Å². The standard InChI is InChI=1S/C8H10N2O3S/c1-14(12,13)7-2-4-10(5-3-7)6-8(9)11/h2-5H,6H2,1H3,(H-,9,11)/p+1. The number of carbonyl (C=O) groups is 1. The third-order valence-corrected chi connectivity index (χ3v) is 2.76. The summed E-state index contributed by atoms with van der Waals surface area (Å²) in [5.41, 5.74) is 4.97. The van der Waals surface area contributed by atoms with Crippen molar-refractivity contribution in [3.8, 4) is 0 Å². The van der Waals surface area contributed by atoms with Gasteiger partial charge in [-0.25, -0.2) is 8.42 Å². The van der Waals surface area contributed by atoms with Crippen LogP contribution in [-0.4, -0.2) is 20.6 Å². The lowest BCUT2D eigenvalue weighted by Crippen LogP contribution is -2.40. The highest BCUT2D eigenvalue weighted by Crippen LogP contribution is 2.03. The second-order valence-electron chi connectivity index (χ2n) is 2.94. The number of primary amides is 1. The molecular formula is C8H11N2O3S+. The summed E-state index contributed by atoms with van der Waals surface area (Å²) in [4.78, 5) is 10.8.